The van der Waals surface area contributed by atoms with E-state index >= 15 is 0 Å². The van der Waals surface area contributed by atoms with Gasteiger partial charge in [-0.3, -0.25) is 14.5 Å². The van der Waals surface area contributed by atoms with E-state index in [4.69, 9.17) is 0 Å². The number of hydrogen-bond acceptors (Lipinski definition) is 4. The first-order chi connectivity index (χ1) is 10.5. The van der Waals surface area contributed by atoms with Gasteiger partial charge in [-0.15, -0.1) is 0 Å². The summed E-state index contributed by atoms with van der Waals surface area (Å²) in [5.74, 6) is -0.342. The molecule has 0 aliphatic carbocycles. The molecule has 122 valence electrons. The van der Waals surface area contributed by atoms with Crippen LogP contribution in [-0.4, -0.2) is 57.5 Å². The highest BCUT2D eigenvalue weighted by Crippen LogP contribution is 2.13. The summed E-state index contributed by atoms with van der Waals surface area (Å²) < 4.78 is 0. The Hall–Kier alpha value is -2.08. The van der Waals surface area contributed by atoms with Crippen molar-refractivity contribution in [2.75, 3.05) is 45.7 Å². The van der Waals surface area contributed by atoms with Crippen LogP contribution >= 0.6 is 0 Å². The quantitative estimate of drug-likeness (QED) is 0.731. The molecule has 0 atom stereocenters. The van der Waals surface area contributed by atoms with E-state index in [0.29, 0.717) is 6.54 Å². The van der Waals surface area contributed by atoms with Crippen molar-refractivity contribution >= 4 is 17.5 Å². The molecule has 1 aromatic carbocycles. The monoisotopic (exact) mass is 306 g/mol. The Bertz CT molecular complexity index is 485. The molecule has 1 aromatic rings. The molecule has 0 saturated carbocycles. The van der Waals surface area contributed by atoms with Gasteiger partial charge in [0.2, 0.25) is 11.8 Å². The van der Waals surface area contributed by atoms with Crippen molar-refractivity contribution in [3.05, 3.63) is 29.8 Å². The second-order valence-electron chi connectivity index (χ2n) is 5.31. The molecular formula is C16H26N4O2. The Kier molecular flexibility index (Phi) is 7.39. The van der Waals surface area contributed by atoms with Crippen LogP contribution in [0, 0.1) is 0 Å². The van der Waals surface area contributed by atoms with Crippen molar-refractivity contribution < 1.29 is 9.59 Å². The highest BCUT2D eigenvalue weighted by Gasteiger charge is 2.10. The zero-order chi connectivity index (χ0) is 16.5. The molecule has 0 aliphatic rings. The molecule has 1 rings (SSSR count). The highest BCUT2D eigenvalue weighted by atomic mass is 16.2. The van der Waals surface area contributed by atoms with Gasteiger partial charge in [0.05, 0.1) is 13.1 Å². The number of nitrogens with one attached hydrogen (secondary N) is 2. The van der Waals surface area contributed by atoms with Gasteiger partial charge in [0.15, 0.2) is 0 Å². The lowest BCUT2D eigenvalue weighted by molar-refractivity contribution is -0.126. The third kappa shape index (κ3) is 6.13. The van der Waals surface area contributed by atoms with Gasteiger partial charge in [-0.05, 0) is 24.2 Å². The van der Waals surface area contributed by atoms with Gasteiger partial charge in [0, 0.05) is 33.4 Å². The van der Waals surface area contributed by atoms with Gasteiger partial charge < -0.3 is 15.5 Å². The number of hydrogen-bond donors (Lipinski definition) is 2. The summed E-state index contributed by atoms with van der Waals surface area (Å²) in [6.45, 7) is 3.79. The number of benzene rings is 1. The molecule has 0 aliphatic heterocycles. The molecule has 0 heterocycles. The molecule has 0 spiro atoms. The number of carbonyl (C=O) groups is 2. The van der Waals surface area contributed by atoms with E-state index in [0.717, 1.165) is 17.8 Å². The van der Waals surface area contributed by atoms with Crippen LogP contribution in [0.25, 0.3) is 0 Å². The number of anilines is 1. The Morgan fingerprint density at radius 2 is 1.73 bits per heavy atom. The fourth-order valence-corrected chi connectivity index (χ4v) is 1.96. The topological polar surface area (TPSA) is 64.7 Å². The maximum absolute atomic E-state index is 11.8. The van der Waals surface area contributed by atoms with Gasteiger partial charge in [-0.2, -0.15) is 0 Å². The van der Waals surface area contributed by atoms with Crippen molar-refractivity contribution in [1.29, 1.82) is 0 Å². The van der Waals surface area contributed by atoms with Crippen molar-refractivity contribution in [1.82, 2.24) is 15.5 Å². The maximum atomic E-state index is 11.8. The van der Waals surface area contributed by atoms with Gasteiger partial charge in [-0.1, -0.05) is 19.1 Å². The van der Waals surface area contributed by atoms with Gasteiger partial charge in [0.25, 0.3) is 0 Å². The Balaban J connectivity index is 2.50. The van der Waals surface area contributed by atoms with Crippen molar-refractivity contribution in [2.45, 2.75) is 13.5 Å². The van der Waals surface area contributed by atoms with Crippen LogP contribution in [0.2, 0.25) is 0 Å². The fourth-order valence-electron chi connectivity index (χ4n) is 1.96. The Morgan fingerprint density at radius 3 is 2.23 bits per heavy atom. The normalized spacial score (nSPS) is 10.4. The third-order valence-corrected chi connectivity index (χ3v) is 3.40. The van der Waals surface area contributed by atoms with Gasteiger partial charge >= 0.3 is 0 Å². The summed E-state index contributed by atoms with van der Waals surface area (Å²) in [4.78, 5) is 27.0. The largest absolute Gasteiger partial charge is 0.378 e. The van der Waals surface area contributed by atoms with E-state index in [1.807, 2.05) is 30.8 Å². The zero-order valence-corrected chi connectivity index (χ0v) is 13.8. The molecule has 0 aromatic heterocycles. The van der Waals surface area contributed by atoms with Crippen LogP contribution in [-0.2, 0) is 16.1 Å². The second kappa shape index (κ2) is 9.04. The minimum atomic E-state index is -0.198. The minimum Gasteiger partial charge on any atom is -0.378 e. The predicted octanol–water partition coefficient (Wildman–Crippen LogP) is 0.437. The lowest BCUT2D eigenvalue weighted by atomic mass is 10.2. The number of amides is 2. The third-order valence-electron chi connectivity index (χ3n) is 3.40. The average Bonchev–Trinajstić information content (AvgIpc) is 2.52. The average molecular weight is 306 g/mol. The van der Waals surface area contributed by atoms with Crippen LogP contribution in [0.5, 0.6) is 0 Å². The standard InChI is InChI=1S/C16H26N4O2/c1-5-20(12-16(22)18-10-15(21)17-2)11-13-6-8-14(9-7-13)19(3)4/h6-9H,5,10-12H2,1-4H3,(H,17,21)(H,18,22). The van der Waals surface area contributed by atoms with Crippen molar-refractivity contribution in [2.24, 2.45) is 0 Å². The molecule has 6 heteroatoms. The first kappa shape index (κ1) is 18.0. The smallest absolute Gasteiger partial charge is 0.239 e. The van der Waals surface area contributed by atoms with E-state index < -0.39 is 0 Å². The summed E-state index contributed by atoms with van der Waals surface area (Å²) in [7, 11) is 5.55. The van der Waals surface area contributed by atoms with Crippen LogP contribution < -0.4 is 15.5 Å². The number of nitrogens with zero attached hydrogens (tertiary/aromatic N) is 2. The molecule has 0 fully saturated rings. The van der Waals surface area contributed by atoms with E-state index in [-0.39, 0.29) is 24.9 Å². The molecule has 0 bridgehead atoms. The first-order valence-electron chi connectivity index (χ1n) is 7.42. The molecule has 6 nitrogen and oxygen atoms in total. The molecule has 0 saturated heterocycles. The van der Waals surface area contributed by atoms with Crippen LogP contribution in [0.4, 0.5) is 5.69 Å². The lowest BCUT2D eigenvalue weighted by Crippen LogP contribution is -2.41. The van der Waals surface area contributed by atoms with E-state index in [1.54, 1.807) is 7.05 Å². The molecule has 0 radical (unpaired) electrons. The molecule has 2 N–H and O–H groups in total. The van der Waals surface area contributed by atoms with E-state index in [1.165, 1.54) is 0 Å². The van der Waals surface area contributed by atoms with Gasteiger partial charge in [0.1, 0.15) is 0 Å². The zero-order valence-electron chi connectivity index (χ0n) is 13.8. The van der Waals surface area contributed by atoms with Gasteiger partial charge in [-0.25, -0.2) is 0 Å². The van der Waals surface area contributed by atoms with Crippen LogP contribution in [0.1, 0.15) is 12.5 Å². The van der Waals surface area contributed by atoms with Crippen LogP contribution in [0.3, 0.4) is 0 Å². The molecular weight excluding hydrogens is 280 g/mol. The number of carbonyl (C=O) groups excluding carboxylic acids is 2. The Morgan fingerprint density at radius 1 is 1.09 bits per heavy atom. The van der Waals surface area contributed by atoms with E-state index in [9.17, 15) is 9.59 Å². The Labute approximate surface area is 132 Å². The molecule has 22 heavy (non-hydrogen) atoms. The SMILES string of the molecule is CCN(CC(=O)NCC(=O)NC)Cc1ccc(N(C)C)cc1. The number of likely N-dealkylation sites (N-methyl/N-ethyl adjacent to an activating group) is 2. The van der Waals surface area contributed by atoms with Crippen LogP contribution in [0.15, 0.2) is 24.3 Å². The summed E-state index contributed by atoms with van der Waals surface area (Å²) in [6, 6.07) is 8.27. The number of rotatable bonds is 8. The minimum absolute atomic E-state index is 0.0183. The molecule has 0 unspecified atom stereocenters. The summed E-state index contributed by atoms with van der Waals surface area (Å²) in [5, 5.41) is 5.08. The molecule has 2 amide bonds. The maximum Gasteiger partial charge on any atom is 0.239 e. The lowest BCUT2D eigenvalue weighted by Gasteiger charge is -2.20. The van der Waals surface area contributed by atoms with E-state index in [2.05, 4.69) is 34.9 Å². The summed E-state index contributed by atoms with van der Waals surface area (Å²) in [6.07, 6.45) is 0. The summed E-state index contributed by atoms with van der Waals surface area (Å²) >= 11 is 0. The second-order valence-corrected chi connectivity index (χ2v) is 5.31. The predicted molar refractivity (Wildman–Crippen MR) is 88.8 cm³/mol. The van der Waals surface area contributed by atoms with Crippen molar-refractivity contribution in [3.63, 3.8) is 0 Å². The highest BCUT2D eigenvalue weighted by molar-refractivity contribution is 5.85. The van der Waals surface area contributed by atoms with Crippen molar-refractivity contribution in [3.8, 4) is 0 Å². The summed E-state index contributed by atoms with van der Waals surface area (Å²) in [5.41, 5.74) is 2.31. The fraction of sp³-hybridized carbons (Fsp3) is 0.500. The first-order valence-corrected chi connectivity index (χ1v) is 7.42.